The summed E-state index contributed by atoms with van der Waals surface area (Å²) in [6.07, 6.45) is -0.582. The average Bonchev–Trinajstić information content (AvgIpc) is 2.73. The van der Waals surface area contributed by atoms with Crippen LogP contribution in [0.5, 0.6) is 0 Å². The van der Waals surface area contributed by atoms with Gasteiger partial charge in [-0.05, 0) is 26.7 Å². The molecule has 0 saturated carbocycles. The molecule has 5 nitrogen and oxygen atoms in total. The molecule has 0 aromatic carbocycles. The van der Waals surface area contributed by atoms with E-state index in [0.29, 0.717) is 25.9 Å². The number of carbonyl (C=O) groups excluding carboxylic acids is 1. The quantitative estimate of drug-likeness (QED) is 0.730. The van der Waals surface area contributed by atoms with E-state index < -0.39 is 18.2 Å². The van der Waals surface area contributed by atoms with Crippen molar-refractivity contribution in [2.45, 2.75) is 38.9 Å². The maximum atomic E-state index is 12.0. The van der Waals surface area contributed by atoms with Gasteiger partial charge >= 0.3 is 5.97 Å². The fourth-order valence-corrected chi connectivity index (χ4v) is 1.88. The monoisotopic (exact) mass is 241 g/mol. The molecule has 0 aromatic heterocycles. The van der Waals surface area contributed by atoms with Crippen molar-refractivity contribution in [1.82, 2.24) is 4.90 Å². The molecule has 1 aliphatic rings. The summed E-state index contributed by atoms with van der Waals surface area (Å²) >= 11 is 0. The van der Waals surface area contributed by atoms with Gasteiger partial charge in [0.25, 0.3) is 5.91 Å². The maximum absolute atomic E-state index is 12.0. The third kappa shape index (κ3) is 3.56. The molecule has 0 radical (unpaired) electrons. The molecule has 1 saturated heterocycles. The molecule has 0 aromatic rings. The molecule has 5 heteroatoms. The third-order valence-corrected chi connectivity index (χ3v) is 2.72. The third-order valence-electron chi connectivity index (χ3n) is 2.72. The molecule has 1 rings (SSSR count). The number of carboxylic acid groups (broad SMARTS) is 1. The number of aliphatic carboxylic acids is 1. The van der Waals surface area contributed by atoms with Crippen LogP contribution >= 0.6 is 0 Å². The highest BCUT2D eigenvalue weighted by atomic mass is 16.5. The normalized spacial score (nSPS) is 23.4. The Hall–Kier alpha value is -1.36. The lowest BCUT2D eigenvalue weighted by Gasteiger charge is -2.24. The Morgan fingerprint density at radius 1 is 1.41 bits per heavy atom. The number of hydrogen-bond donors (Lipinski definition) is 1. The first-order valence-corrected chi connectivity index (χ1v) is 5.77. The fourth-order valence-electron chi connectivity index (χ4n) is 1.88. The van der Waals surface area contributed by atoms with Gasteiger partial charge < -0.3 is 14.7 Å². The second-order valence-corrected chi connectivity index (χ2v) is 4.34. The van der Waals surface area contributed by atoms with E-state index in [1.54, 1.807) is 4.90 Å². The second kappa shape index (κ2) is 5.82. The highest BCUT2D eigenvalue weighted by Gasteiger charge is 2.36. The zero-order valence-corrected chi connectivity index (χ0v) is 10.3. The molecule has 1 amide bonds. The lowest BCUT2D eigenvalue weighted by Crippen LogP contribution is -2.40. The molecule has 0 spiro atoms. The van der Waals surface area contributed by atoms with Gasteiger partial charge in [0.1, 0.15) is 6.10 Å². The minimum absolute atomic E-state index is 0.140. The molecular formula is C12H19NO4. The first kappa shape index (κ1) is 13.7. The van der Waals surface area contributed by atoms with Crippen LogP contribution in [0.2, 0.25) is 0 Å². The number of nitrogens with zero attached hydrogens (tertiary/aromatic N) is 1. The van der Waals surface area contributed by atoms with Crippen LogP contribution in [0, 0.1) is 0 Å². The predicted octanol–water partition coefficient (Wildman–Crippen LogP) is 1.04. The first-order valence-electron chi connectivity index (χ1n) is 5.77. The Labute approximate surface area is 101 Å². The molecular weight excluding hydrogens is 222 g/mol. The van der Waals surface area contributed by atoms with Crippen LogP contribution in [0.4, 0.5) is 0 Å². The van der Waals surface area contributed by atoms with Crippen LogP contribution in [0.25, 0.3) is 0 Å². The smallest absolute Gasteiger partial charge is 0.332 e. The summed E-state index contributed by atoms with van der Waals surface area (Å²) in [5, 5.41) is 8.79. The van der Waals surface area contributed by atoms with Crippen LogP contribution in [-0.2, 0) is 14.3 Å². The van der Waals surface area contributed by atoms with Crippen molar-refractivity contribution in [1.29, 1.82) is 0 Å². The Balaban J connectivity index is 2.58. The summed E-state index contributed by atoms with van der Waals surface area (Å²) < 4.78 is 5.23. The lowest BCUT2D eigenvalue weighted by atomic mass is 10.1. The van der Waals surface area contributed by atoms with E-state index in [1.165, 1.54) is 0 Å². The van der Waals surface area contributed by atoms with Gasteiger partial charge in [0, 0.05) is 13.1 Å². The Morgan fingerprint density at radius 3 is 2.41 bits per heavy atom. The molecule has 1 N–H and O–H groups in total. The van der Waals surface area contributed by atoms with Crippen molar-refractivity contribution < 1.29 is 19.4 Å². The number of carboxylic acids is 1. The number of ether oxygens (including phenoxy) is 1. The van der Waals surface area contributed by atoms with Crippen LogP contribution in [0.1, 0.15) is 26.7 Å². The van der Waals surface area contributed by atoms with Gasteiger partial charge in [-0.1, -0.05) is 12.2 Å². The van der Waals surface area contributed by atoms with Crippen LogP contribution in [-0.4, -0.2) is 47.2 Å². The summed E-state index contributed by atoms with van der Waals surface area (Å²) in [4.78, 5) is 24.4. The standard InChI is InChI=1S/C12H19NO4/c1-4-13(7-8(2)3)11(14)9-5-6-10(17-9)12(15)16/h9-10H,2,4-7H2,1,3H3,(H,15,16)/t9-,10+/m0/s1. The van der Waals surface area contributed by atoms with E-state index in [-0.39, 0.29) is 5.91 Å². The van der Waals surface area contributed by atoms with Crippen molar-refractivity contribution in [3.63, 3.8) is 0 Å². The van der Waals surface area contributed by atoms with Crippen molar-refractivity contribution in [2.75, 3.05) is 13.1 Å². The number of rotatable bonds is 5. The van der Waals surface area contributed by atoms with Crippen molar-refractivity contribution in [3.8, 4) is 0 Å². The Kier molecular flexibility index (Phi) is 4.69. The van der Waals surface area contributed by atoms with Gasteiger partial charge in [-0.25, -0.2) is 4.79 Å². The average molecular weight is 241 g/mol. The zero-order chi connectivity index (χ0) is 13.0. The van der Waals surface area contributed by atoms with E-state index in [2.05, 4.69) is 6.58 Å². The number of carbonyl (C=O) groups is 2. The summed E-state index contributed by atoms with van der Waals surface area (Å²) in [6, 6.07) is 0. The molecule has 0 unspecified atom stereocenters. The zero-order valence-electron chi connectivity index (χ0n) is 10.3. The van der Waals surface area contributed by atoms with Crippen molar-refractivity contribution >= 4 is 11.9 Å². The molecule has 1 fully saturated rings. The second-order valence-electron chi connectivity index (χ2n) is 4.34. The van der Waals surface area contributed by atoms with Gasteiger partial charge in [0.05, 0.1) is 0 Å². The van der Waals surface area contributed by atoms with E-state index >= 15 is 0 Å². The minimum atomic E-state index is -0.997. The van der Waals surface area contributed by atoms with Gasteiger partial charge in [0.2, 0.25) is 0 Å². The topological polar surface area (TPSA) is 66.8 Å². The predicted molar refractivity (Wildman–Crippen MR) is 62.6 cm³/mol. The Bertz CT molecular complexity index is 326. The molecule has 0 aliphatic carbocycles. The van der Waals surface area contributed by atoms with Crippen LogP contribution in [0.15, 0.2) is 12.2 Å². The first-order chi connectivity index (χ1) is 7.95. The van der Waals surface area contributed by atoms with Gasteiger partial charge in [-0.3, -0.25) is 4.79 Å². The van der Waals surface area contributed by atoms with Crippen molar-refractivity contribution in [2.24, 2.45) is 0 Å². The highest BCUT2D eigenvalue weighted by molar-refractivity contribution is 5.82. The van der Waals surface area contributed by atoms with E-state index in [9.17, 15) is 9.59 Å². The van der Waals surface area contributed by atoms with Crippen LogP contribution < -0.4 is 0 Å². The van der Waals surface area contributed by atoms with Crippen LogP contribution in [0.3, 0.4) is 0 Å². The molecule has 96 valence electrons. The molecule has 2 atom stereocenters. The maximum Gasteiger partial charge on any atom is 0.332 e. The molecule has 17 heavy (non-hydrogen) atoms. The Morgan fingerprint density at radius 2 is 2.00 bits per heavy atom. The van der Waals surface area contributed by atoms with Gasteiger partial charge in [-0.2, -0.15) is 0 Å². The van der Waals surface area contributed by atoms with E-state index in [0.717, 1.165) is 5.57 Å². The number of likely N-dealkylation sites (N-methyl/N-ethyl adjacent to an activating group) is 1. The van der Waals surface area contributed by atoms with Gasteiger partial charge in [0.15, 0.2) is 6.10 Å². The molecule has 1 aliphatic heterocycles. The number of amides is 1. The number of hydrogen-bond acceptors (Lipinski definition) is 3. The summed E-state index contributed by atoms with van der Waals surface area (Å²) in [6.45, 7) is 8.56. The van der Waals surface area contributed by atoms with E-state index in [1.807, 2.05) is 13.8 Å². The minimum Gasteiger partial charge on any atom is -0.479 e. The molecule has 1 heterocycles. The fraction of sp³-hybridized carbons (Fsp3) is 0.667. The van der Waals surface area contributed by atoms with E-state index in [4.69, 9.17) is 9.84 Å². The highest BCUT2D eigenvalue weighted by Crippen LogP contribution is 2.21. The summed E-state index contributed by atoms with van der Waals surface area (Å²) in [5.74, 6) is -1.14. The SMILES string of the molecule is C=C(C)CN(CC)C(=O)[C@@H]1CC[C@H](C(=O)O)O1. The lowest BCUT2D eigenvalue weighted by molar-refractivity contribution is -0.154. The summed E-state index contributed by atoms with van der Waals surface area (Å²) in [7, 11) is 0. The largest absolute Gasteiger partial charge is 0.479 e. The molecule has 0 bridgehead atoms. The summed E-state index contributed by atoms with van der Waals surface area (Å²) in [5.41, 5.74) is 0.896. The van der Waals surface area contributed by atoms with Crippen molar-refractivity contribution in [3.05, 3.63) is 12.2 Å². The van der Waals surface area contributed by atoms with Gasteiger partial charge in [-0.15, -0.1) is 0 Å².